The van der Waals surface area contributed by atoms with Gasteiger partial charge in [-0.25, -0.2) is 0 Å². The molecule has 1 aromatic heterocycles. The number of carbonyl (C=O) groups is 1. The molecule has 0 bridgehead atoms. The van der Waals surface area contributed by atoms with Crippen LogP contribution in [0.2, 0.25) is 5.02 Å². The number of ether oxygens (including phenoxy) is 2. The number of methoxy groups -OCH3 is 2. The summed E-state index contributed by atoms with van der Waals surface area (Å²) in [4.78, 5) is 12.1. The molecule has 0 unspecified atom stereocenters. The Morgan fingerprint density at radius 3 is 2.73 bits per heavy atom. The Hall–Kier alpha value is -2.27. The smallest absolute Gasteiger partial charge is 0.189 e. The molecule has 116 valence electrons. The van der Waals surface area contributed by atoms with Crippen LogP contribution in [0.4, 0.5) is 0 Å². The molecule has 2 rings (SSSR count). The number of ketones is 1. The van der Waals surface area contributed by atoms with Crippen LogP contribution in [0.25, 0.3) is 6.08 Å². The Labute approximate surface area is 134 Å². The van der Waals surface area contributed by atoms with Gasteiger partial charge in [0.05, 0.1) is 31.0 Å². The number of benzene rings is 1. The minimum atomic E-state index is -0.120. The van der Waals surface area contributed by atoms with Gasteiger partial charge in [-0.15, -0.1) is 0 Å². The molecule has 0 fully saturated rings. The number of allylic oxidation sites excluding steroid dienone is 1. The van der Waals surface area contributed by atoms with Crippen LogP contribution in [0.1, 0.15) is 22.8 Å². The quantitative estimate of drug-likeness (QED) is 0.604. The second-order valence-electron chi connectivity index (χ2n) is 4.52. The van der Waals surface area contributed by atoms with Crippen LogP contribution >= 0.6 is 11.6 Å². The topological polar surface area (TPSA) is 53.4 Å². The first-order valence-electron chi connectivity index (χ1n) is 6.75. The second kappa shape index (κ2) is 7.13. The molecule has 6 heteroatoms. The van der Waals surface area contributed by atoms with Crippen LogP contribution in [-0.4, -0.2) is 29.8 Å². The van der Waals surface area contributed by atoms with Crippen molar-refractivity contribution in [3.05, 3.63) is 46.8 Å². The van der Waals surface area contributed by atoms with Crippen molar-refractivity contribution in [2.24, 2.45) is 0 Å². The maximum atomic E-state index is 12.1. The minimum absolute atomic E-state index is 0.120. The Bertz CT molecular complexity index is 707. The fourth-order valence-electron chi connectivity index (χ4n) is 1.97. The monoisotopic (exact) mass is 320 g/mol. The zero-order valence-electron chi connectivity index (χ0n) is 12.7. The fourth-order valence-corrected chi connectivity index (χ4v) is 2.26. The number of hydrogen-bond acceptors (Lipinski definition) is 4. The van der Waals surface area contributed by atoms with E-state index in [9.17, 15) is 4.79 Å². The van der Waals surface area contributed by atoms with Gasteiger partial charge in [0.15, 0.2) is 17.3 Å². The van der Waals surface area contributed by atoms with E-state index in [-0.39, 0.29) is 5.78 Å². The number of rotatable bonds is 6. The lowest BCUT2D eigenvalue weighted by atomic mass is 10.1. The van der Waals surface area contributed by atoms with Gasteiger partial charge in [-0.05, 0) is 30.7 Å². The molecule has 5 nitrogen and oxygen atoms in total. The molecular weight excluding hydrogens is 304 g/mol. The van der Waals surface area contributed by atoms with Gasteiger partial charge in [0.1, 0.15) is 0 Å². The number of aryl methyl sites for hydroxylation is 1. The van der Waals surface area contributed by atoms with Crippen molar-refractivity contribution in [1.82, 2.24) is 9.78 Å². The van der Waals surface area contributed by atoms with Crippen molar-refractivity contribution in [2.45, 2.75) is 13.5 Å². The van der Waals surface area contributed by atoms with Gasteiger partial charge in [0.2, 0.25) is 0 Å². The SMILES string of the molecule is CCn1cc(C(=O)/C=C/c2cc(Cl)c(OC)c(OC)c2)cn1. The molecule has 0 saturated heterocycles. The lowest BCUT2D eigenvalue weighted by molar-refractivity contribution is 0.104. The number of nitrogens with zero attached hydrogens (tertiary/aromatic N) is 2. The summed E-state index contributed by atoms with van der Waals surface area (Å²) < 4.78 is 12.1. The van der Waals surface area contributed by atoms with E-state index in [1.54, 1.807) is 35.3 Å². The van der Waals surface area contributed by atoms with Crippen LogP contribution in [-0.2, 0) is 6.54 Å². The van der Waals surface area contributed by atoms with Crippen molar-refractivity contribution < 1.29 is 14.3 Å². The Kier molecular flexibility index (Phi) is 5.22. The van der Waals surface area contributed by atoms with E-state index in [1.165, 1.54) is 20.3 Å². The molecule has 0 aliphatic rings. The first kappa shape index (κ1) is 16.1. The van der Waals surface area contributed by atoms with Gasteiger partial charge in [-0.3, -0.25) is 9.48 Å². The molecule has 1 aromatic carbocycles. The normalized spacial score (nSPS) is 10.9. The third-order valence-electron chi connectivity index (χ3n) is 3.12. The molecule has 0 aliphatic heterocycles. The molecule has 2 aromatic rings. The number of hydrogen-bond donors (Lipinski definition) is 0. The van der Waals surface area contributed by atoms with Gasteiger partial charge < -0.3 is 9.47 Å². The highest BCUT2D eigenvalue weighted by Gasteiger charge is 2.10. The average molecular weight is 321 g/mol. The van der Waals surface area contributed by atoms with Crippen LogP contribution in [0, 0.1) is 0 Å². The summed E-state index contributed by atoms with van der Waals surface area (Å²) in [5.41, 5.74) is 1.29. The molecule has 22 heavy (non-hydrogen) atoms. The minimum Gasteiger partial charge on any atom is -0.493 e. The number of carbonyl (C=O) groups excluding carboxylic acids is 1. The fraction of sp³-hybridized carbons (Fsp3) is 0.250. The highest BCUT2D eigenvalue weighted by molar-refractivity contribution is 6.32. The highest BCUT2D eigenvalue weighted by atomic mass is 35.5. The summed E-state index contributed by atoms with van der Waals surface area (Å²) in [5.74, 6) is 0.864. The molecule has 0 atom stereocenters. The van der Waals surface area contributed by atoms with Crippen molar-refractivity contribution in [1.29, 1.82) is 0 Å². The summed E-state index contributed by atoms with van der Waals surface area (Å²) in [6.07, 6.45) is 6.43. The largest absolute Gasteiger partial charge is 0.493 e. The number of halogens is 1. The lowest BCUT2D eigenvalue weighted by Crippen LogP contribution is -1.95. The van der Waals surface area contributed by atoms with Crippen molar-refractivity contribution in [2.75, 3.05) is 14.2 Å². The molecule has 0 amide bonds. The molecule has 0 radical (unpaired) electrons. The third-order valence-corrected chi connectivity index (χ3v) is 3.41. The number of aromatic nitrogens is 2. The molecule has 0 saturated carbocycles. The predicted molar refractivity (Wildman–Crippen MR) is 85.8 cm³/mol. The van der Waals surface area contributed by atoms with E-state index >= 15 is 0 Å². The van der Waals surface area contributed by atoms with Gasteiger partial charge in [0, 0.05) is 12.7 Å². The highest BCUT2D eigenvalue weighted by Crippen LogP contribution is 2.36. The van der Waals surface area contributed by atoms with Gasteiger partial charge in [-0.1, -0.05) is 17.7 Å². The Morgan fingerprint density at radius 2 is 2.14 bits per heavy atom. The van der Waals surface area contributed by atoms with E-state index in [0.717, 1.165) is 12.1 Å². The predicted octanol–water partition coefficient (Wildman–Crippen LogP) is 3.47. The van der Waals surface area contributed by atoms with Crippen LogP contribution in [0.15, 0.2) is 30.6 Å². The first-order valence-corrected chi connectivity index (χ1v) is 7.13. The van der Waals surface area contributed by atoms with Crippen molar-refractivity contribution in [3.63, 3.8) is 0 Å². The van der Waals surface area contributed by atoms with E-state index in [2.05, 4.69) is 5.10 Å². The van der Waals surface area contributed by atoms with Crippen LogP contribution < -0.4 is 9.47 Å². The standard InChI is InChI=1S/C16H17ClN2O3/c1-4-19-10-12(9-18-19)14(20)6-5-11-7-13(17)16(22-3)15(8-11)21-2/h5-10H,4H2,1-3H3/b6-5+. The average Bonchev–Trinajstić information content (AvgIpc) is 3.01. The zero-order valence-corrected chi connectivity index (χ0v) is 13.4. The van der Waals surface area contributed by atoms with Gasteiger partial charge in [0.25, 0.3) is 0 Å². The van der Waals surface area contributed by atoms with Gasteiger partial charge in [-0.2, -0.15) is 5.10 Å². The van der Waals surface area contributed by atoms with Gasteiger partial charge >= 0.3 is 0 Å². The first-order chi connectivity index (χ1) is 10.6. The Morgan fingerprint density at radius 1 is 1.36 bits per heavy atom. The summed E-state index contributed by atoms with van der Waals surface area (Å²) in [7, 11) is 3.06. The van der Waals surface area contributed by atoms with E-state index in [0.29, 0.717) is 22.1 Å². The summed E-state index contributed by atoms with van der Waals surface area (Å²) in [6, 6.07) is 3.46. The third kappa shape index (κ3) is 3.49. The molecule has 1 heterocycles. The molecule has 0 spiro atoms. The van der Waals surface area contributed by atoms with Crippen LogP contribution in [0.5, 0.6) is 11.5 Å². The molecular formula is C16H17ClN2O3. The second-order valence-corrected chi connectivity index (χ2v) is 4.93. The lowest BCUT2D eigenvalue weighted by Gasteiger charge is -2.10. The molecule has 0 N–H and O–H groups in total. The Balaban J connectivity index is 2.22. The van der Waals surface area contributed by atoms with E-state index < -0.39 is 0 Å². The van der Waals surface area contributed by atoms with Crippen molar-refractivity contribution >= 4 is 23.5 Å². The van der Waals surface area contributed by atoms with E-state index in [4.69, 9.17) is 21.1 Å². The maximum absolute atomic E-state index is 12.1. The maximum Gasteiger partial charge on any atom is 0.189 e. The van der Waals surface area contributed by atoms with E-state index in [1.807, 2.05) is 6.92 Å². The summed E-state index contributed by atoms with van der Waals surface area (Å²) in [5, 5.41) is 4.50. The van der Waals surface area contributed by atoms with Crippen LogP contribution in [0.3, 0.4) is 0 Å². The molecule has 0 aliphatic carbocycles. The zero-order chi connectivity index (χ0) is 16.1. The van der Waals surface area contributed by atoms with Crippen molar-refractivity contribution in [3.8, 4) is 11.5 Å². The summed E-state index contributed by atoms with van der Waals surface area (Å²) in [6.45, 7) is 2.69. The summed E-state index contributed by atoms with van der Waals surface area (Å²) >= 11 is 6.13.